The molecule has 6 nitrogen and oxygen atoms in total. The minimum Gasteiger partial charge on any atom is -0.493 e. The zero-order valence-corrected chi connectivity index (χ0v) is 17.9. The number of nitrogens with one attached hydrogen (secondary N) is 1. The largest absolute Gasteiger partial charge is 0.493 e. The van der Waals surface area contributed by atoms with Gasteiger partial charge in [0.25, 0.3) is 5.91 Å². The predicted octanol–water partition coefficient (Wildman–Crippen LogP) is 4.71. The van der Waals surface area contributed by atoms with Crippen LogP contribution >= 0.6 is 0 Å². The lowest BCUT2D eigenvalue weighted by Gasteiger charge is -2.19. The first-order chi connectivity index (χ1) is 13.8. The molecule has 0 fully saturated rings. The van der Waals surface area contributed by atoms with Gasteiger partial charge in [-0.25, -0.2) is 4.79 Å². The summed E-state index contributed by atoms with van der Waals surface area (Å²) in [5.74, 6) is 0.229. The zero-order valence-electron chi connectivity index (χ0n) is 17.9. The van der Waals surface area contributed by atoms with E-state index in [0.717, 1.165) is 16.8 Å². The summed E-state index contributed by atoms with van der Waals surface area (Å²) in [6.45, 7) is 9.95. The fraction of sp³-hybridized carbons (Fsp3) is 0.391. The number of carbonyl (C=O) groups excluding carboxylic acids is 2. The lowest BCUT2D eigenvalue weighted by atomic mass is 9.98. The summed E-state index contributed by atoms with van der Waals surface area (Å²) in [4.78, 5) is 25.1. The Balaban J connectivity index is 2.11. The molecule has 0 radical (unpaired) electrons. The van der Waals surface area contributed by atoms with Crippen LogP contribution in [0.15, 0.2) is 36.4 Å². The van der Waals surface area contributed by atoms with Crippen LogP contribution in [-0.2, 0) is 9.53 Å². The first-order valence-corrected chi connectivity index (χ1v) is 9.70. The maximum atomic E-state index is 12.6. The van der Waals surface area contributed by atoms with Gasteiger partial charge in [-0.3, -0.25) is 4.79 Å². The van der Waals surface area contributed by atoms with Crippen molar-refractivity contribution in [3.8, 4) is 11.5 Å². The summed E-state index contributed by atoms with van der Waals surface area (Å²) in [6, 6.07) is 10.6. The van der Waals surface area contributed by atoms with Crippen LogP contribution in [0.1, 0.15) is 55.1 Å². The van der Waals surface area contributed by atoms with Gasteiger partial charge in [-0.05, 0) is 56.0 Å². The predicted molar refractivity (Wildman–Crippen MR) is 113 cm³/mol. The van der Waals surface area contributed by atoms with E-state index in [1.807, 2.05) is 32.0 Å². The smallest absolute Gasteiger partial charge is 0.339 e. The summed E-state index contributed by atoms with van der Waals surface area (Å²) in [7, 11) is 1.50. The number of amides is 1. The SMILES string of the molecule is CCOc1ccc(C(=O)O[C@H](C)C(=O)Nc2c(C)cccc2C(C)C)cc1OC. The second-order valence-electron chi connectivity index (χ2n) is 7.03. The number of methoxy groups -OCH3 is 1. The maximum Gasteiger partial charge on any atom is 0.339 e. The van der Waals surface area contributed by atoms with Crippen LogP contribution in [-0.4, -0.2) is 31.7 Å². The molecule has 0 aromatic heterocycles. The van der Waals surface area contributed by atoms with Crippen molar-refractivity contribution in [1.29, 1.82) is 0 Å². The van der Waals surface area contributed by atoms with E-state index in [2.05, 4.69) is 19.2 Å². The molecule has 0 bridgehead atoms. The molecule has 1 N–H and O–H groups in total. The van der Waals surface area contributed by atoms with E-state index in [-0.39, 0.29) is 17.4 Å². The van der Waals surface area contributed by atoms with Crippen molar-refractivity contribution in [2.24, 2.45) is 0 Å². The number of hydrogen-bond donors (Lipinski definition) is 1. The quantitative estimate of drug-likeness (QED) is 0.651. The van der Waals surface area contributed by atoms with E-state index >= 15 is 0 Å². The number of para-hydroxylation sites is 1. The third-order valence-corrected chi connectivity index (χ3v) is 4.53. The third-order valence-electron chi connectivity index (χ3n) is 4.53. The van der Waals surface area contributed by atoms with Gasteiger partial charge in [0.15, 0.2) is 17.6 Å². The van der Waals surface area contributed by atoms with Gasteiger partial charge in [0.2, 0.25) is 0 Å². The van der Waals surface area contributed by atoms with Gasteiger partial charge in [-0.1, -0.05) is 32.0 Å². The molecule has 0 heterocycles. The van der Waals surface area contributed by atoms with Crippen LogP contribution in [0.2, 0.25) is 0 Å². The number of hydrogen-bond acceptors (Lipinski definition) is 5. The minimum absolute atomic E-state index is 0.249. The van der Waals surface area contributed by atoms with Crippen molar-refractivity contribution in [3.63, 3.8) is 0 Å². The number of rotatable bonds is 8. The van der Waals surface area contributed by atoms with Gasteiger partial charge >= 0.3 is 5.97 Å². The molecular formula is C23H29NO5. The summed E-state index contributed by atoms with van der Waals surface area (Å²) >= 11 is 0. The number of anilines is 1. The third kappa shape index (κ3) is 5.50. The molecule has 2 aromatic rings. The highest BCUT2D eigenvalue weighted by molar-refractivity contribution is 5.98. The Morgan fingerprint density at radius 2 is 1.79 bits per heavy atom. The van der Waals surface area contributed by atoms with Gasteiger partial charge in [0.05, 0.1) is 19.3 Å². The van der Waals surface area contributed by atoms with Crippen LogP contribution in [0.4, 0.5) is 5.69 Å². The lowest BCUT2D eigenvalue weighted by Crippen LogP contribution is -2.30. The van der Waals surface area contributed by atoms with Gasteiger partial charge in [0.1, 0.15) is 0 Å². The molecule has 2 rings (SSSR count). The van der Waals surface area contributed by atoms with Crippen LogP contribution in [0.25, 0.3) is 0 Å². The van der Waals surface area contributed by atoms with Gasteiger partial charge in [-0.2, -0.15) is 0 Å². The molecular weight excluding hydrogens is 370 g/mol. The molecule has 2 aromatic carbocycles. The normalized spacial score (nSPS) is 11.7. The fourth-order valence-corrected chi connectivity index (χ4v) is 2.92. The van der Waals surface area contributed by atoms with E-state index in [1.165, 1.54) is 13.2 Å². The molecule has 0 unspecified atom stereocenters. The van der Waals surface area contributed by atoms with E-state index in [1.54, 1.807) is 19.1 Å². The average Bonchev–Trinajstić information content (AvgIpc) is 2.69. The van der Waals surface area contributed by atoms with Crippen molar-refractivity contribution in [2.75, 3.05) is 19.0 Å². The Labute approximate surface area is 172 Å². The maximum absolute atomic E-state index is 12.6. The molecule has 1 amide bonds. The standard InChI is InChI=1S/C23H29NO5/c1-7-28-19-12-11-17(13-20(19)27-6)23(26)29-16(5)22(25)24-21-15(4)9-8-10-18(21)14(2)3/h8-14,16H,7H2,1-6H3,(H,24,25)/t16-/m1/s1. The Bertz CT molecular complexity index is 876. The Hall–Kier alpha value is -3.02. The zero-order chi connectivity index (χ0) is 21.6. The number of benzene rings is 2. The van der Waals surface area contributed by atoms with Gasteiger partial charge in [0, 0.05) is 5.69 Å². The molecule has 6 heteroatoms. The van der Waals surface area contributed by atoms with Crippen molar-refractivity contribution < 1.29 is 23.8 Å². The first-order valence-electron chi connectivity index (χ1n) is 9.70. The van der Waals surface area contributed by atoms with E-state index in [4.69, 9.17) is 14.2 Å². The Kier molecular flexibility index (Phi) is 7.65. The molecule has 1 atom stereocenters. The summed E-state index contributed by atoms with van der Waals surface area (Å²) in [5, 5.41) is 2.90. The van der Waals surface area contributed by atoms with Crippen LogP contribution in [0, 0.1) is 6.92 Å². The summed E-state index contributed by atoms with van der Waals surface area (Å²) in [6.07, 6.45) is -0.959. The van der Waals surface area contributed by atoms with Gasteiger partial charge in [-0.15, -0.1) is 0 Å². The number of ether oxygens (including phenoxy) is 3. The second-order valence-corrected chi connectivity index (χ2v) is 7.03. The lowest BCUT2D eigenvalue weighted by molar-refractivity contribution is -0.123. The topological polar surface area (TPSA) is 73.9 Å². The molecule has 29 heavy (non-hydrogen) atoms. The molecule has 0 aliphatic heterocycles. The molecule has 0 saturated heterocycles. The van der Waals surface area contributed by atoms with E-state index in [9.17, 15) is 9.59 Å². The Morgan fingerprint density at radius 1 is 1.07 bits per heavy atom. The number of aryl methyl sites for hydroxylation is 1. The molecule has 0 saturated carbocycles. The van der Waals surface area contributed by atoms with Crippen molar-refractivity contribution in [1.82, 2.24) is 0 Å². The monoisotopic (exact) mass is 399 g/mol. The summed E-state index contributed by atoms with van der Waals surface area (Å²) < 4.78 is 16.1. The van der Waals surface area contributed by atoms with Crippen LogP contribution in [0.3, 0.4) is 0 Å². The first kappa shape index (κ1) is 22.3. The average molecular weight is 399 g/mol. The summed E-state index contributed by atoms with van der Waals surface area (Å²) in [5.41, 5.74) is 3.04. The highest BCUT2D eigenvalue weighted by Crippen LogP contribution is 2.29. The minimum atomic E-state index is -0.959. The van der Waals surface area contributed by atoms with Gasteiger partial charge < -0.3 is 19.5 Å². The molecule has 0 aliphatic carbocycles. The van der Waals surface area contributed by atoms with Crippen LogP contribution in [0.5, 0.6) is 11.5 Å². The Morgan fingerprint density at radius 3 is 2.41 bits per heavy atom. The number of carbonyl (C=O) groups is 2. The molecule has 156 valence electrons. The van der Waals surface area contributed by atoms with E-state index in [0.29, 0.717) is 18.1 Å². The highest BCUT2D eigenvalue weighted by Gasteiger charge is 2.22. The van der Waals surface area contributed by atoms with Crippen molar-refractivity contribution >= 4 is 17.6 Å². The second kappa shape index (κ2) is 9.96. The van der Waals surface area contributed by atoms with E-state index < -0.39 is 12.1 Å². The van der Waals surface area contributed by atoms with Crippen LogP contribution < -0.4 is 14.8 Å². The highest BCUT2D eigenvalue weighted by atomic mass is 16.5. The fourth-order valence-electron chi connectivity index (χ4n) is 2.92. The molecule has 0 spiro atoms. The van der Waals surface area contributed by atoms with Crippen molar-refractivity contribution in [3.05, 3.63) is 53.1 Å². The molecule has 0 aliphatic rings. The number of esters is 1. The van der Waals surface area contributed by atoms with Crippen molar-refractivity contribution in [2.45, 2.75) is 46.6 Å².